The Morgan fingerprint density at radius 2 is 1.67 bits per heavy atom. The maximum atomic E-state index is 13.8. The molecular weight excluding hydrogens is 528 g/mol. The van der Waals surface area contributed by atoms with Crippen molar-refractivity contribution in [1.29, 1.82) is 0 Å². The number of aryl methyl sites for hydroxylation is 1. The number of carbonyl (C=O) groups is 1. The molecular formula is C31H45ClN4O2S. The molecule has 0 radical (unpaired) electrons. The number of halogens is 1. The zero-order chi connectivity index (χ0) is 28.5. The third-order valence-corrected chi connectivity index (χ3v) is 9.86. The average Bonchev–Trinajstić information content (AvgIpc) is 3.28. The van der Waals surface area contributed by atoms with Gasteiger partial charge in [0.15, 0.2) is 0 Å². The zero-order valence-corrected chi connectivity index (χ0v) is 26.1. The molecule has 214 valence electrons. The summed E-state index contributed by atoms with van der Waals surface area (Å²) in [6, 6.07) is 14.5. The largest absolute Gasteiger partial charge is 0.368 e. The second-order valence-electron chi connectivity index (χ2n) is 12.6. The van der Waals surface area contributed by atoms with Gasteiger partial charge in [0, 0.05) is 61.9 Å². The Labute approximate surface area is 242 Å². The van der Waals surface area contributed by atoms with Gasteiger partial charge in [-0.2, -0.15) is 0 Å². The molecule has 39 heavy (non-hydrogen) atoms. The van der Waals surface area contributed by atoms with Crippen LogP contribution >= 0.6 is 11.6 Å². The van der Waals surface area contributed by atoms with Gasteiger partial charge in [-0.3, -0.25) is 4.79 Å². The quantitative estimate of drug-likeness (QED) is 0.483. The Balaban J connectivity index is 1.49. The van der Waals surface area contributed by atoms with Gasteiger partial charge in [-0.15, -0.1) is 0 Å². The van der Waals surface area contributed by atoms with E-state index in [4.69, 9.17) is 11.6 Å². The highest BCUT2D eigenvalue weighted by molar-refractivity contribution is 7.84. The molecule has 1 amide bonds. The van der Waals surface area contributed by atoms with Crippen LogP contribution in [0, 0.1) is 18.8 Å². The third-order valence-electron chi connectivity index (χ3n) is 8.02. The molecule has 2 fully saturated rings. The molecule has 0 aromatic heterocycles. The van der Waals surface area contributed by atoms with E-state index in [2.05, 4.69) is 77.6 Å². The number of nitrogens with zero attached hydrogens (tertiary/aromatic N) is 3. The number of amides is 1. The fourth-order valence-electron chi connectivity index (χ4n) is 5.76. The van der Waals surface area contributed by atoms with Gasteiger partial charge in [-0.05, 0) is 70.0 Å². The lowest BCUT2D eigenvalue weighted by molar-refractivity contribution is -0.135. The topological polar surface area (TPSA) is 55.9 Å². The Morgan fingerprint density at radius 3 is 2.26 bits per heavy atom. The van der Waals surface area contributed by atoms with Crippen molar-refractivity contribution in [3.8, 4) is 0 Å². The Bertz CT molecular complexity index is 1170. The molecule has 2 aromatic carbocycles. The first-order valence-electron chi connectivity index (χ1n) is 14.1. The Hall–Kier alpha value is -1.93. The van der Waals surface area contributed by atoms with E-state index in [-0.39, 0.29) is 34.4 Å². The molecule has 0 unspecified atom stereocenters. The van der Waals surface area contributed by atoms with Gasteiger partial charge >= 0.3 is 0 Å². The standard InChI is InChI=1S/C31H45ClN4O2S/c1-21(2)29(33-39(38)31(4,5)6)25-18-22(3)8-13-28(25)35-14-16-36(17-15-35)30(37)27-20-34(7)19-26(27)23-9-11-24(32)12-10-23/h8-13,18,21,26-27,29,33H,14-17,19-20H2,1-7H3/t26-,27+,29+,39+/m1/s1. The molecule has 2 saturated heterocycles. The van der Waals surface area contributed by atoms with Crippen LogP contribution in [-0.2, 0) is 15.8 Å². The molecule has 2 aromatic rings. The summed E-state index contributed by atoms with van der Waals surface area (Å²) in [7, 11) is 0.918. The monoisotopic (exact) mass is 572 g/mol. The fourth-order valence-corrected chi connectivity index (χ4v) is 6.87. The lowest BCUT2D eigenvalue weighted by Gasteiger charge is -2.40. The molecule has 1 N–H and O–H groups in total. The van der Waals surface area contributed by atoms with E-state index in [0.29, 0.717) is 13.1 Å². The van der Waals surface area contributed by atoms with Crippen LogP contribution in [0.2, 0.25) is 5.02 Å². The Kier molecular flexibility index (Phi) is 9.47. The van der Waals surface area contributed by atoms with Crippen LogP contribution in [0.5, 0.6) is 0 Å². The van der Waals surface area contributed by atoms with Gasteiger partial charge in [-0.25, -0.2) is 8.93 Å². The molecule has 0 spiro atoms. The SMILES string of the molecule is Cc1ccc(N2CCN(C(=O)[C@H]3CN(C)C[C@@H]3c3ccc(Cl)cc3)CC2)c([C@@H](N[S@@](=O)C(C)(C)C)C(C)C)c1. The number of benzene rings is 2. The van der Waals surface area contributed by atoms with Crippen molar-refractivity contribution in [2.24, 2.45) is 11.8 Å². The lowest BCUT2D eigenvalue weighted by atomic mass is 9.88. The predicted octanol–water partition coefficient (Wildman–Crippen LogP) is 5.39. The van der Waals surface area contributed by atoms with Crippen molar-refractivity contribution in [2.75, 3.05) is 51.2 Å². The molecule has 2 aliphatic rings. The van der Waals surface area contributed by atoms with Gasteiger partial charge in [0.1, 0.15) is 0 Å². The van der Waals surface area contributed by atoms with Crippen molar-refractivity contribution in [1.82, 2.24) is 14.5 Å². The van der Waals surface area contributed by atoms with E-state index < -0.39 is 11.0 Å². The second-order valence-corrected chi connectivity index (χ2v) is 15.0. The van der Waals surface area contributed by atoms with E-state index in [1.54, 1.807) is 0 Å². The number of likely N-dealkylation sites (N-methyl/N-ethyl adjacent to an activating group) is 1. The van der Waals surface area contributed by atoms with Gasteiger partial charge in [0.05, 0.1) is 21.7 Å². The summed E-state index contributed by atoms with van der Waals surface area (Å²) in [4.78, 5) is 20.5. The smallest absolute Gasteiger partial charge is 0.227 e. The first-order valence-corrected chi connectivity index (χ1v) is 15.6. The summed E-state index contributed by atoms with van der Waals surface area (Å²) in [6.07, 6.45) is 0. The van der Waals surface area contributed by atoms with Gasteiger partial charge < -0.3 is 14.7 Å². The number of carbonyl (C=O) groups excluding carboxylic acids is 1. The van der Waals surface area contributed by atoms with Crippen molar-refractivity contribution >= 4 is 34.2 Å². The molecule has 2 heterocycles. The third kappa shape index (κ3) is 7.05. The summed E-state index contributed by atoms with van der Waals surface area (Å²) in [6.45, 7) is 17.1. The average molecular weight is 573 g/mol. The lowest BCUT2D eigenvalue weighted by Crippen LogP contribution is -2.51. The van der Waals surface area contributed by atoms with Crippen molar-refractivity contribution < 1.29 is 9.00 Å². The van der Waals surface area contributed by atoms with Gasteiger partial charge in [0.2, 0.25) is 5.91 Å². The summed E-state index contributed by atoms with van der Waals surface area (Å²) >= 11 is 6.12. The molecule has 0 aliphatic carbocycles. The van der Waals surface area contributed by atoms with E-state index in [9.17, 15) is 9.00 Å². The molecule has 4 atom stereocenters. The van der Waals surface area contributed by atoms with Crippen LogP contribution < -0.4 is 9.62 Å². The van der Waals surface area contributed by atoms with E-state index in [0.717, 1.165) is 31.2 Å². The van der Waals surface area contributed by atoms with Gasteiger partial charge in [0.25, 0.3) is 0 Å². The summed E-state index contributed by atoms with van der Waals surface area (Å²) < 4.78 is 16.2. The van der Waals surface area contributed by atoms with Crippen molar-refractivity contribution in [3.05, 3.63) is 64.2 Å². The van der Waals surface area contributed by atoms with Crippen LogP contribution in [-0.4, -0.2) is 71.0 Å². The molecule has 8 heteroatoms. The van der Waals surface area contributed by atoms with Crippen LogP contribution in [0.25, 0.3) is 0 Å². The summed E-state index contributed by atoms with van der Waals surface area (Å²) in [5, 5.41) is 0.721. The first-order chi connectivity index (χ1) is 18.3. The number of hydrogen-bond acceptors (Lipinski definition) is 4. The predicted molar refractivity (Wildman–Crippen MR) is 164 cm³/mol. The van der Waals surface area contributed by atoms with Crippen molar-refractivity contribution in [2.45, 2.75) is 58.2 Å². The molecule has 0 saturated carbocycles. The summed E-state index contributed by atoms with van der Waals surface area (Å²) in [5.41, 5.74) is 4.73. The van der Waals surface area contributed by atoms with Crippen LogP contribution in [0.1, 0.15) is 63.3 Å². The van der Waals surface area contributed by atoms with Crippen molar-refractivity contribution in [3.63, 3.8) is 0 Å². The number of nitrogens with one attached hydrogen (secondary N) is 1. The number of piperazine rings is 1. The Morgan fingerprint density at radius 1 is 1.03 bits per heavy atom. The minimum absolute atomic E-state index is 0.0335. The number of anilines is 1. The van der Waals surface area contributed by atoms with Crippen LogP contribution in [0.3, 0.4) is 0 Å². The zero-order valence-electron chi connectivity index (χ0n) is 24.5. The number of likely N-dealkylation sites (tertiary alicyclic amines) is 1. The number of hydrogen-bond donors (Lipinski definition) is 1. The minimum Gasteiger partial charge on any atom is -0.368 e. The second kappa shape index (κ2) is 12.3. The summed E-state index contributed by atoms with van der Waals surface area (Å²) in [5.74, 6) is 0.664. The van der Waals surface area contributed by atoms with Crippen LogP contribution in [0.4, 0.5) is 5.69 Å². The van der Waals surface area contributed by atoms with Crippen LogP contribution in [0.15, 0.2) is 42.5 Å². The normalized spacial score (nSPS) is 22.4. The highest BCUT2D eigenvalue weighted by Crippen LogP contribution is 2.36. The van der Waals surface area contributed by atoms with E-state index in [1.807, 2.05) is 32.9 Å². The maximum Gasteiger partial charge on any atom is 0.227 e. The fraction of sp³-hybridized carbons (Fsp3) is 0.581. The van der Waals surface area contributed by atoms with E-state index in [1.165, 1.54) is 22.4 Å². The highest BCUT2D eigenvalue weighted by Gasteiger charge is 2.40. The highest BCUT2D eigenvalue weighted by atomic mass is 35.5. The maximum absolute atomic E-state index is 13.8. The molecule has 6 nitrogen and oxygen atoms in total. The van der Waals surface area contributed by atoms with Gasteiger partial charge in [-0.1, -0.05) is 55.3 Å². The first kappa shape index (κ1) is 30.0. The molecule has 0 bridgehead atoms. The molecule has 2 aliphatic heterocycles. The molecule has 4 rings (SSSR count). The minimum atomic E-state index is -1.18. The number of rotatable bonds is 7. The van der Waals surface area contributed by atoms with E-state index >= 15 is 0 Å².